The minimum absolute atomic E-state index is 0.283. The van der Waals surface area contributed by atoms with Crippen LogP contribution in [-0.2, 0) is 9.59 Å². The second-order valence-electron chi connectivity index (χ2n) is 4.25. The van der Waals surface area contributed by atoms with E-state index in [9.17, 15) is 14.4 Å². The molecule has 1 amide bonds. The minimum atomic E-state index is -1.25. The zero-order chi connectivity index (χ0) is 14.6. The second kappa shape index (κ2) is 5.99. The monoisotopic (exact) mass is 265 g/mol. The molecule has 0 aliphatic heterocycles. The quantitative estimate of drug-likeness (QED) is 0.825. The molecule has 0 radical (unpaired) electrons. The van der Waals surface area contributed by atoms with Gasteiger partial charge in [0, 0.05) is 5.56 Å². The van der Waals surface area contributed by atoms with E-state index in [1.165, 1.54) is 0 Å². The van der Waals surface area contributed by atoms with Crippen LogP contribution in [0.5, 0.6) is 0 Å². The van der Waals surface area contributed by atoms with E-state index in [4.69, 9.17) is 10.2 Å². The van der Waals surface area contributed by atoms with Gasteiger partial charge < -0.3 is 15.1 Å². The molecule has 0 aliphatic carbocycles. The van der Waals surface area contributed by atoms with Crippen molar-refractivity contribution in [3.05, 3.63) is 34.9 Å². The first-order valence-corrected chi connectivity index (χ1v) is 5.61. The molecule has 0 saturated carbocycles. The first-order valence-electron chi connectivity index (χ1n) is 5.61. The Balaban J connectivity index is 3.00. The van der Waals surface area contributed by atoms with Gasteiger partial charge in [0.05, 0.1) is 0 Å². The third-order valence-electron chi connectivity index (χ3n) is 2.69. The molecule has 2 N–H and O–H groups in total. The molecule has 1 rings (SSSR count). The molecule has 0 aliphatic rings. The fourth-order valence-corrected chi connectivity index (χ4v) is 1.58. The van der Waals surface area contributed by atoms with E-state index in [2.05, 4.69) is 0 Å². The van der Waals surface area contributed by atoms with E-state index in [0.29, 0.717) is 0 Å². The van der Waals surface area contributed by atoms with Crippen LogP contribution >= 0.6 is 0 Å². The summed E-state index contributed by atoms with van der Waals surface area (Å²) in [5.41, 5.74) is 2.17. The van der Waals surface area contributed by atoms with Crippen molar-refractivity contribution in [2.75, 3.05) is 13.1 Å². The summed E-state index contributed by atoms with van der Waals surface area (Å²) in [5.74, 6) is -3.11. The van der Waals surface area contributed by atoms with Gasteiger partial charge in [-0.2, -0.15) is 0 Å². The lowest BCUT2D eigenvalue weighted by atomic mass is 10.1. The standard InChI is InChI=1S/C13H15NO5/c1-8-3-4-10(5-9(8)2)13(19)14(6-11(15)16)7-12(17)18/h3-5H,6-7H2,1-2H3,(H,15,16)(H,17,18). The molecule has 6 nitrogen and oxygen atoms in total. The third-order valence-corrected chi connectivity index (χ3v) is 2.69. The summed E-state index contributed by atoms with van der Waals surface area (Å²) in [6, 6.07) is 4.91. The molecular weight excluding hydrogens is 250 g/mol. The lowest BCUT2D eigenvalue weighted by molar-refractivity contribution is -0.140. The maximum atomic E-state index is 12.1. The number of benzene rings is 1. The second-order valence-corrected chi connectivity index (χ2v) is 4.25. The number of aliphatic carboxylic acids is 2. The van der Waals surface area contributed by atoms with E-state index >= 15 is 0 Å². The molecule has 0 heterocycles. The van der Waals surface area contributed by atoms with Crippen LogP contribution in [0.4, 0.5) is 0 Å². The number of carboxylic acid groups (broad SMARTS) is 2. The maximum absolute atomic E-state index is 12.1. The molecule has 0 saturated heterocycles. The topological polar surface area (TPSA) is 94.9 Å². The van der Waals surface area contributed by atoms with Crippen molar-refractivity contribution in [3.8, 4) is 0 Å². The number of carbonyl (C=O) groups is 3. The Hall–Kier alpha value is -2.37. The van der Waals surface area contributed by atoms with Gasteiger partial charge in [0.25, 0.3) is 5.91 Å². The van der Waals surface area contributed by atoms with Gasteiger partial charge in [-0.25, -0.2) is 0 Å². The smallest absolute Gasteiger partial charge is 0.323 e. The van der Waals surface area contributed by atoms with Crippen LogP contribution in [-0.4, -0.2) is 46.0 Å². The van der Waals surface area contributed by atoms with Crippen LogP contribution in [0.3, 0.4) is 0 Å². The van der Waals surface area contributed by atoms with Gasteiger partial charge in [-0.05, 0) is 37.1 Å². The molecule has 1 aromatic carbocycles. The lowest BCUT2D eigenvalue weighted by Gasteiger charge is -2.18. The molecule has 0 aromatic heterocycles. The Labute approximate surface area is 110 Å². The molecule has 0 spiro atoms. The van der Waals surface area contributed by atoms with Gasteiger partial charge in [-0.3, -0.25) is 14.4 Å². The fourth-order valence-electron chi connectivity index (χ4n) is 1.58. The molecule has 0 bridgehead atoms. The summed E-state index contributed by atoms with van der Waals surface area (Å²) in [6.45, 7) is 2.43. The third kappa shape index (κ3) is 4.09. The van der Waals surface area contributed by atoms with E-state index < -0.39 is 30.9 Å². The molecular formula is C13H15NO5. The molecule has 102 valence electrons. The van der Waals surface area contributed by atoms with Crippen LogP contribution in [0.2, 0.25) is 0 Å². The first kappa shape index (κ1) is 14.7. The number of amides is 1. The van der Waals surface area contributed by atoms with Crippen LogP contribution in [0.15, 0.2) is 18.2 Å². The highest BCUT2D eigenvalue weighted by Crippen LogP contribution is 2.12. The Bertz CT molecular complexity index is 508. The van der Waals surface area contributed by atoms with Crippen molar-refractivity contribution in [2.45, 2.75) is 13.8 Å². The number of hydrogen-bond acceptors (Lipinski definition) is 3. The lowest BCUT2D eigenvalue weighted by Crippen LogP contribution is -2.39. The largest absolute Gasteiger partial charge is 0.480 e. The summed E-state index contributed by atoms with van der Waals surface area (Å²) in [5, 5.41) is 17.4. The molecule has 1 aromatic rings. The summed E-state index contributed by atoms with van der Waals surface area (Å²) in [7, 11) is 0. The molecule has 6 heteroatoms. The minimum Gasteiger partial charge on any atom is -0.480 e. The van der Waals surface area contributed by atoms with Gasteiger partial charge in [0.15, 0.2) is 0 Å². The van der Waals surface area contributed by atoms with Crippen LogP contribution < -0.4 is 0 Å². The Morgan fingerprint density at radius 1 is 1.00 bits per heavy atom. The zero-order valence-electron chi connectivity index (χ0n) is 10.7. The van der Waals surface area contributed by atoms with Crippen LogP contribution in [0.1, 0.15) is 21.5 Å². The van der Waals surface area contributed by atoms with E-state index in [-0.39, 0.29) is 5.56 Å². The molecule has 0 fully saturated rings. The summed E-state index contributed by atoms with van der Waals surface area (Å²) < 4.78 is 0. The van der Waals surface area contributed by atoms with E-state index in [1.807, 2.05) is 13.8 Å². The normalized spacial score (nSPS) is 10.0. The molecule has 0 atom stereocenters. The van der Waals surface area contributed by atoms with Crippen molar-refractivity contribution < 1.29 is 24.6 Å². The highest BCUT2D eigenvalue weighted by Gasteiger charge is 2.21. The van der Waals surface area contributed by atoms with E-state index in [0.717, 1.165) is 16.0 Å². The maximum Gasteiger partial charge on any atom is 0.323 e. The summed E-state index contributed by atoms with van der Waals surface area (Å²) >= 11 is 0. The average Bonchev–Trinajstić information content (AvgIpc) is 2.29. The number of carbonyl (C=O) groups excluding carboxylic acids is 1. The SMILES string of the molecule is Cc1ccc(C(=O)N(CC(=O)O)CC(=O)O)cc1C. The first-order chi connectivity index (χ1) is 8.81. The van der Waals surface area contributed by atoms with Gasteiger partial charge in [-0.15, -0.1) is 0 Å². The predicted octanol–water partition coefficient (Wildman–Crippen LogP) is 0.915. The fraction of sp³-hybridized carbons (Fsp3) is 0.308. The highest BCUT2D eigenvalue weighted by molar-refractivity contribution is 5.97. The van der Waals surface area contributed by atoms with Gasteiger partial charge >= 0.3 is 11.9 Å². The Kier molecular flexibility index (Phi) is 4.63. The van der Waals surface area contributed by atoms with Gasteiger partial charge in [0.2, 0.25) is 0 Å². The van der Waals surface area contributed by atoms with Gasteiger partial charge in [0.1, 0.15) is 13.1 Å². The predicted molar refractivity (Wildman–Crippen MR) is 67.1 cm³/mol. The average molecular weight is 265 g/mol. The molecule has 0 unspecified atom stereocenters. The highest BCUT2D eigenvalue weighted by atomic mass is 16.4. The van der Waals surface area contributed by atoms with Crippen LogP contribution in [0.25, 0.3) is 0 Å². The van der Waals surface area contributed by atoms with Crippen molar-refractivity contribution in [1.82, 2.24) is 4.90 Å². The van der Waals surface area contributed by atoms with Crippen molar-refractivity contribution >= 4 is 17.8 Å². The number of rotatable bonds is 5. The van der Waals surface area contributed by atoms with Crippen molar-refractivity contribution in [2.24, 2.45) is 0 Å². The van der Waals surface area contributed by atoms with E-state index in [1.54, 1.807) is 18.2 Å². The number of hydrogen-bond donors (Lipinski definition) is 2. The zero-order valence-corrected chi connectivity index (χ0v) is 10.7. The summed E-state index contributed by atoms with van der Waals surface area (Å²) in [4.78, 5) is 34.2. The van der Waals surface area contributed by atoms with Gasteiger partial charge in [-0.1, -0.05) is 6.07 Å². The molecule has 19 heavy (non-hydrogen) atoms. The van der Waals surface area contributed by atoms with Crippen molar-refractivity contribution in [3.63, 3.8) is 0 Å². The summed E-state index contributed by atoms with van der Waals surface area (Å²) in [6.07, 6.45) is 0. The number of aryl methyl sites for hydroxylation is 2. The van der Waals surface area contributed by atoms with Crippen LogP contribution in [0, 0.1) is 13.8 Å². The number of carboxylic acids is 2. The van der Waals surface area contributed by atoms with Crippen molar-refractivity contribution in [1.29, 1.82) is 0 Å². The number of nitrogens with zero attached hydrogens (tertiary/aromatic N) is 1. The Morgan fingerprint density at radius 2 is 1.53 bits per heavy atom. The Morgan fingerprint density at radius 3 is 1.95 bits per heavy atom.